The monoisotopic (exact) mass is 459 g/mol. The second kappa shape index (κ2) is 8.48. The van der Waals surface area contributed by atoms with Gasteiger partial charge in [0.05, 0.1) is 11.4 Å². The second-order valence-corrected chi connectivity index (χ2v) is 8.84. The molecule has 3 aromatic heterocycles. The highest BCUT2D eigenvalue weighted by atomic mass is 19.1. The summed E-state index contributed by atoms with van der Waals surface area (Å²) in [6, 6.07) is 8.86. The number of halogens is 1. The van der Waals surface area contributed by atoms with Crippen LogP contribution in [0.25, 0.3) is 16.8 Å². The number of amides is 1. The molecule has 0 unspecified atom stereocenters. The SMILES string of the molecule is Cc1ccc(CNC(=O)c2nnn(-c3ccc(-c4c(C)nn(C)c4C)cc3F)c2C2CC2)cn1. The van der Waals surface area contributed by atoms with E-state index in [2.05, 4.69) is 25.7 Å². The van der Waals surface area contributed by atoms with Crippen molar-refractivity contribution in [2.75, 3.05) is 0 Å². The van der Waals surface area contributed by atoms with Crippen LogP contribution in [0.5, 0.6) is 0 Å². The second-order valence-electron chi connectivity index (χ2n) is 8.84. The minimum absolute atomic E-state index is 0.138. The summed E-state index contributed by atoms with van der Waals surface area (Å²) in [5.74, 6) is -0.615. The predicted octanol–water partition coefficient (Wildman–Crippen LogP) is 3.93. The van der Waals surface area contributed by atoms with Crippen LogP contribution in [0.3, 0.4) is 0 Å². The molecule has 1 saturated carbocycles. The zero-order valence-electron chi connectivity index (χ0n) is 19.6. The minimum atomic E-state index is -0.426. The number of benzene rings is 1. The van der Waals surface area contributed by atoms with Gasteiger partial charge in [-0.25, -0.2) is 9.07 Å². The number of hydrogen-bond acceptors (Lipinski definition) is 5. The van der Waals surface area contributed by atoms with Gasteiger partial charge in [-0.15, -0.1) is 5.10 Å². The zero-order chi connectivity index (χ0) is 24.0. The molecule has 1 amide bonds. The highest BCUT2D eigenvalue weighted by Gasteiger charge is 2.34. The summed E-state index contributed by atoms with van der Waals surface area (Å²) < 4.78 is 18.6. The van der Waals surface area contributed by atoms with Crippen molar-refractivity contribution in [1.82, 2.24) is 35.1 Å². The lowest BCUT2D eigenvalue weighted by Gasteiger charge is -2.10. The molecular weight excluding hydrogens is 433 g/mol. The number of rotatable bonds is 6. The van der Waals surface area contributed by atoms with Crippen LogP contribution < -0.4 is 5.32 Å². The molecule has 0 bridgehead atoms. The van der Waals surface area contributed by atoms with Crippen molar-refractivity contribution in [3.63, 3.8) is 0 Å². The third-order valence-corrected chi connectivity index (χ3v) is 6.28. The Balaban J connectivity index is 1.44. The van der Waals surface area contributed by atoms with Gasteiger partial charge in [0, 0.05) is 42.7 Å². The fourth-order valence-electron chi connectivity index (χ4n) is 4.25. The number of hydrogen-bond donors (Lipinski definition) is 1. The lowest BCUT2D eigenvalue weighted by molar-refractivity contribution is 0.0944. The normalized spacial score (nSPS) is 13.3. The molecule has 1 fully saturated rings. The Morgan fingerprint density at radius 3 is 2.59 bits per heavy atom. The quantitative estimate of drug-likeness (QED) is 0.472. The van der Waals surface area contributed by atoms with Gasteiger partial charge in [-0.2, -0.15) is 5.10 Å². The number of aromatic nitrogens is 6. The van der Waals surface area contributed by atoms with Gasteiger partial charge in [0.1, 0.15) is 11.5 Å². The van der Waals surface area contributed by atoms with E-state index >= 15 is 4.39 Å². The lowest BCUT2D eigenvalue weighted by atomic mass is 10.0. The number of aryl methyl sites for hydroxylation is 3. The van der Waals surface area contributed by atoms with Gasteiger partial charge in [0.2, 0.25) is 0 Å². The third kappa shape index (κ3) is 3.98. The molecule has 1 aromatic carbocycles. The molecule has 1 aliphatic rings. The molecule has 1 N–H and O–H groups in total. The summed E-state index contributed by atoms with van der Waals surface area (Å²) in [5.41, 5.74) is 6.45. The first-order chi connectivity index (χ1) is 16.3. The summed E-state index contributed by atoms with van der Waals surface area (Å²) in [5, 5.41) is 15.6. The van der Waals surface area contributed by atoms with E-state index in [0.717, 1.165) is 46.6 Å². The minimum Gasteiger partial charge on any atom is -0.346 e. The summed E-state index contributed by atoms with van der Waals surface area (Å²) in [4.78, 5) is 17.2. The number of nitrogens with zero attached hydrogens (tertiary/aromatic N) is 6. The van der Waals surface area contributed by atoms with Crippen molar-refractivity contribution in [2.24, 2.45) is 7.05 Å². The van der Waals surface area contributed by atoms with E-state index in [1.165, 1.54) is 10.7 Å². The largest absolute Gasteiger partial charge is 0.346 e. The van der Waals surface area contributed by atoms with E-state index in [1.54, 1.807) is 16.9 Å². The van der Waals surface area contributed by atoms with Crippen LogP contribution in [0.4, 0.5) is 4.39 Å². The molecule has 0 aliphatic heterocycles. The van der Waals surface area contributed by atoms with Crippen LogP contribution in [-0.2, 0) is 13.6 Å². The highest BCUT2D eigenvalue weighted by molar-refractivity contribution is 5.93. The highest BCUT2D eigenvalue weighted by Crippen LogP contribution is 2.42. The molecule has 3 heterocycles. The first kappa shape index (κ1) is 21.9. The van der Waals surface area contributed by atoms with Crippen molar-refractivity contribution < 1.29 is 9.18 Å². The van der Waals surface area contributed by atoms with Crippen LogP contribution in [-0.4, -0.2) is 35.7 Å². The Morgan fingerprint density at radius 1 is 1.18 bits per heavy atom. The zero-order valence-corrected chi connectivity index (χ0v) is 19.6. The molecule has 0 saturated heterocycles. The van der Waals surface area contributed by atoms with Gasteiger partial charge in [-0.1, -0.05) is 17.3 Å². The van der Waals surface area contributed by atoms with E-state index in [-0.39, 0.29) is 23.2 Å². The lowest BCUT2D eigenvalue weighted by Crippen LogP contribution is -2.24. The van der Waals surface area contributed by atoms with Crippen LogP contribution >= 0.6 is 0 Å². The molecule has 0 radical (unpaired) electrons. The molecule has 1 aliphatic carbocycles. The first-order valence-corrected chi connectivity index (χ1v) is 11.3. The van der Waals surface area contributed by atoms with E-state index in [0.29, 0.717) is 12.2 Å². The van der Waals surface area contributed by atoms with Gasteiger partial charge >= 0.3 is 0 Å². The molecule has 34 heavy (non-hydrogen) atoms. The Morgan fingerprint density at radius 2 is 1.97 bits per heavy atom. The van der Waals surface area contributed by atoms with E-state index in [4.69, 9.17) is 0 Å². The van der Waals surface area contributed by atoms with Gasteiger partial charge in [-0.3, -0.25) is 14.5 Å². The Hall–Kier alpha value is -3.88. The third-order valence-electron chi connectivity index (χ3n) is 6.28. The summed E-state index contributed by atoms with van der Waals surface area (Å²) in [6.45, 7) is 6.11. The van der Waals surface area contributed by atoms with Crippen LogP contribution in [0.1, 0.15) is 57.6 Å². The Labute approximate surface area is 196 Å². The van der Waals surface area contributed by atoms with E-state index in [1.807, 2.05) is 46.0 Å². The maximum Gasteiger partial charge on any atom is 0.274 e. The van der Waals surface area contributed by atoms with Crippen LogP contribution in [0, 0.1) is 26.6 Å². The smallest absolute Gasteiger partial charge is 0.274 e. The molecule has 4 aromatic rings. The maximum atomic E-state index is 15.3. The maximum absolute atomic E-state index is 15.3. The average molecular weight is 460 g/mol. The molecule has 0 spiro atoms. The molecule has 5 rings (SSSR count). The Kier molecular flexibility index (Phi) is 5.47. The van der Waals surface area contributed by atoms with Crippen molar-refractivity contribution in [3.8, 4) is 16.8 Å². The van der Waals surface area contributed by atoms with Crippen molar-refractivity contribution >= 4 is 5.91 Å². The Bertz CT molecular complexity index is 1380. The summed E-state index contributed by atoms with van der Waals surface area (Å²) in [6.07, 6.45) is 3.57. The van der Waals surface area contributed by atoms with E-state index in [9.17, 15) is 4.79 Å². The van der Waals surface area contributed by atoms with Crippen LogP contribution in [0.2, 0.25) is 0 Å². The van der Waals surface area contributed by atoms with Crippen molar-refractivity contribution in [3.05, 3.63) is 76.4 Å². The number of carbonyl (C=O) groups excluding carboxylic acids is 1. The van der Waals surface area contributed by atoms with Gasteiger partial charge in [-0.05, 0) is 62.9 Å². The van der Waals surface area contributed by atoms with Crippen LogP contribution in [0.15, 0.2) is 36.5 Å². The number of carbonyl (C=O) groups is 1. The van der Waals surface area contributed by atoms with Crippen molar-refractivity contribution in [2.45, 2.75) is 46.1 Å². The number of nitrogens with one attached hydrogen (secondary N) is 1. The topological polar surface area (TPSA) is 90.5 Å². The van der Waals surface area contributed by atoms with Gasteiger partial charge < -0.3 is 5.32 Å². The molecule has 8 nitrogen and oxygen atoms in total. The fourth-order valence-corrected chi connectivity index (χ4v) is 4.25. The molecule has 9 heteroatoms. The standard InChI is InChI=1S/C25H26FN7O/c1-14-5-6-17(12-27-14)13-28-25(34)23-24(18-7-8-18)33(31-29-23)21-10-9-19(11-20(21)26)22-15(2)30-32(4)16(22)3/h5-6,9-12,18H,7-8,13H2,1-4H3,(H,28,34). The summed E-state index contributed by atoms with van der Waals surface area (Å²) >= 11 is 0. The molecule has 174 valence electrons. The molecular formula is C25H26FN7O. The van der Waals surface area contributed by atoms with E-state index < -0.39 is 5.82 Å². The first-order valence-electron chi connectivity index (χ1n) is 11.3. The molecule has 0 atom stereocenters. The van der Waals surface area contributed by atoms with Gasteiger partial charge in [0.25, 0.3) is 5.91 Å². The summed E-state index contributed by atoms with van der Waals surface area (Å²) in [7, 11) is 1.87. The number of pyridine rings is 1. The predicted molar refractivity (Wildman–Crippen MR) is 125 cm³/mol. The fraction of sp³-hybridized carbons (Fsp3) is 0.320. The van der Waals surface area contributed by atoms with Gasteiger partial charge in [0.15, 0.2) is 5.69 Å². The average Bonchev–Trinajstić information content (AvgIpc) is 3.50. The van der Waals surface area contributed by atoms with Crippen molar-refractivity contribution in [1.29, 1.82) is 0 Å².